The van der Waals surface area contributed by atoms with Gasteiger partial charge in [-0.1, -0.05) is 49.8 Å². The second-order valence-electron chi connectivity index (χ2n) is 7.95. The number of benzene rings is 2. The maximum Gasteiger partial charge on any atom is 0.290 e. The van der Waals surface area contributed by atoms with Crippen LogP contribution < -0.4 is 10.6 Å². The topological polar surface area (TPSA) is 93.6 Å². The summed E-state index contributed by atoms with van der Waals surface area (Å²) in [5.41, 5.74) is 13.1. The lowest BCUT2D eigenvalue weighted by molar-refractivity contribution is -0.122. The van der Waals surface area contributed by atoms with Crippen LogP contribution in [0.15, 0.2) is 60.7 Å². The zero-order valence-electron chi connectivity index (χ0n) is 19.4. The van der Waals surface area contributed by atoms with Crippen LogP contribution in [0, 0.1) is 6.92 Å². The second kappa shape index (κ2) is 11.3. The third-order valence-electron chi connectivity index (χ3n) is 5.76. The normalized spacial score (nSPS) is 13.6. The lowest BCUT2D eigenvalue weighted by atomic mass is 9.95. The Morgan fingerprint density at radius 1 is 1.21 bits per heavy atom. The molecular weight excluding hydrogens is 416 g/mol. The van der Waals surface area contributed by atoms with Crippen LogP contribution in [-0.2, 0) is 9.53 Å². The zero-order valence-corrected chi connectivity index (χ0v) is 19.4. The van der Waals surface area contributed by atoms with Gasteiger partial charge in [0.1, 0.15) is 5.82 Å². The number of nitrogens with two attached hydrogens (primary N) is 1. The number of aromatic nitrogens is 2. The second-order valence-corrected chi connectivity index (χ2v) is 7.95. The number of likely N-dealkylation sites (N-methyl/N-ethyl adjacent to an activating group) is 1. The molecule has 1 fully saturated rings. The molecule has 1 aliphatic rings. The molecule has 1 saturated heterocycles. The molecule has 0 atom stereocenters. The molecule has 7 heteroatoms. The van der Waals surface area contributed by atoms with E-state index in [1.165, 1.54) is 5.69 Å². The Balaban J connectivity index is 0.000000968. The molecule has 3 aromatic rings. The van der Waals surface area contributed by atoms with Gasteiger partial charge in [0.25, 0.3) is 6.47 Å². The van der Waals surface area contributed by atoms with Gasteiger partial charge in [-0.3, -0.25) is 4.79 Å². The van der Waals surface area contributed by atoms with Crippen LogP contribution in [0.1, 0.15) is 36.6 Å². The molecule has 0 spiro atoms. The maximum absolute atomic E-state index is 8.36. The van der Waals surface area contributed by atoms with E-state index >= 15 is 0 Å². The number of nitrogen functional groups attached to an aromatic ring is 1. The molecule has 174 valence electrons. The molecule has 0 bridgehead atoms. The van der Waals surface area contributed by atoms with E-state index in [9.17, 15) is 0 Å². The van der Waals surface area contributed by atoms with E-state index in [1.54, 1.807) is 0 Å². The number of carbonyl (C=O) groups is 1. The van der Waals surface area contributed by atoms with E-state index in [1.807, 2.05) is 41.9 Å². The van der Waals surface area contributed by atoms with Crippen molar-refractivity contribution in [3.63, 3.8) is 0 Å². The summed E-state index contributed by atoms with van der Waals surface area (Å²) in [5, 5.41) is 11.6. The molecule has 0 amide bonds. The van der Waals surface area contributed by atoms with Gasteiger partial charge in [-0.2, -0.15) is 5.10 Å². The number of nitrogens with zero attached hydrogens (tertiary/aromatic N) is 3. The highest BCUT2D eigenvalue weighted by molar-refractivity contribution is 5.86. The van der Waals surface area contributed by atoms with Gasteiger partial charge < -0.3 is 20.5 Å². The first-order valence-electron chi connectivity index (χ1n) is 11.1. The summed E-state index contributed by atoms with van der Waals surface area (Å²) in [4.78, 5) is 10.6. The van der Waals surface area contributed by atoms with Crippen molar-refractivity contribution in [3.8, 4) is 5.69 Å². The summed E-state index contributed by atoms with van der Waals surface area (Å²) < 4.78 is 7.17. The standard InChI is InChI=1S/C25H30N4O.CH2O2/c1-4-5-11-23(19-12-14-20(15-13-19)28(3)22-16-30-17-22)24-18(2)27-29(25(24)26)21-9-7-6-8-10-21;2-1-3/h6-15,22H,4-5,16-17,26H2,1-3H3;1H,(H,2,3)/b23-11-;. The van der Waals surface area contributed by atoms with Crippen molar-refractivity contribution in [1.29, 1.82) is 0 Å². The van der Waals surface area contributed by atoms with Gasteiger partial charge in [0.2, 0.25) is 0 Å². The molecule has 0 saturated carbocycles. The highest BCUT2D eigenvalue weighted by atomic mass is 16.5. The average molecular weight is 449 g/mol. The summed E-state index contributed by atoms with van der Waals surface area (Å²) in [6.07, 6.45) is 4.36. The van der Waals surface area contributed by atoms with Crippen molar-refractivity contribution in [2.45, 2.75) is 32.7 Å². The third kappa shape index (κ3) is 5.43. The van der Waals surface area contributed by atoms with Crippen LogP contribution in [-0.4, -0.2) is 47.7 Å². The highest BCUT2D eigenvalue weighted by Crippen LogP contribution is 2.34. The average Bonchev–Trinajstić information content (AvgIpc) is 3.08. The summed E-state index contributed by atoms with van der Waals surface area (Å²) in [6, 6.07) is 19.3. The Morgan fingerprint density at radius 2 is 1.85 bits per heavy atom. The van der Waals surface area contributed by atoms with Gasteiger partial charge in [0, 0.05) is 18.3 Å². The fourth-order valence-electron chi connectivity index (χ4n) is 3.83. The van der Waals surface area contributed by atoms with E-state index in [0.29, 0.717) is 11.9 Å². The van der Waals surface area contributed by atoms with Crippen LogP contribution in [0.25, 0.3) is 11.3 Å². The lowest BCUT2D eigenvalue weighted by Crippen LogP contribution is -2.47. The van der Waals surface area contributed by atoms with Crippen LogP contribution in [0.2, 0.25) is 0 Å². The molecule has 1 aliphatic heterocycles. The number of allylic oxidation sites excluding steroid dienone is 1. The minimum Gasteiger partial charge on any atom is -0.483 e. The molecule has 7 nitrogen and oxygen atoms in total. The van der Waals surface area contributed by atoms with Crippen LogP contribution in [0.4, 0.5) is 11.5 Å². The summed E-state index contributed by atoms with van der Waals surface area (Å²) >= 11 is 0. The Kier molecular flexibility index (Phi) is 8.27. The van der Waals surface area contributed by atoms with Crippen LogP contribution in [0.5, 0.6) is 0 Å². The van der Waals surface area contributed by atoms with E-state index in [-0.39, 0.29) is 6.47 Å². The highest BCUT2D eigenvalue weighted by Gasteiger charge is 2.24. The third-order valence-corrected chi connectivity index (χ3v) is 5.76. The Bertz CT molecular complexity index is 1070. The summed E-state index contributed by atoms with van der Waals surface area (Å²) in [7, 11) is 2.13. The van der Waals surface area contributed by atoms with E-state index in [0.717, 1.165) is 54.1 Å². The van der Waals surface area contributed by atoms with Gasteiger partial charge in [0.05, 0.1) is 30.6 Å². The van der Waals surface area contributed by atoms with Gasteiger partial charge in [0.15, 0.2) is 0 Å². The van der Waals surface area contributed by atoms with Crippen LogP contribution in [0.3, 0.4) is 0 Å². The monoisotopic (exact) mass is 448 g/mol. The molecule has 33 heavy (non-hydrogen) atoms. The van der Waals surface area contributed by atoms with Crippen molar-refractivity contribution in [1.82, 2.24) is 9.78 Å². The number of hydrogen-bond donors (Lipinski definition) is 2. The first-order chi connectivity index (χ1) is 16.0. The van der Waals surface area contributed by atoms with Crippen LogP contribution >= 0.6 is 0 Å². The predicted molar refractivity (Wildman–Crippen MR) is 133 cm³/mol. The smallest absolute Gasteiger partial charge is 0.290 e. The molecule has 2 aromatic carbocycles. The SMILES string of the molecule is CCC/C=C(/c1ccc(N(C)C2COC2)cc1)c1c(C)nn(-c2ccccc2)c1N.O=CO. The molecular formula is C26H32N4O3. The molecule has 0 radical (unpaired) electrons. The Morgan fingerprint density at radius 3 is 2.39 bits per heavy atom. The van der Waals surface area contributed by atoms with Crippen molar-refractivity contribution in [2.24, 2.45) is 0 Å². The number of ether oxygens (including phenoxy) is 1. The van der Waals surface area contributed by atoms with Gasteiger partial charge >= 0.3 is 0 Å². The molecule has 0 unspecified atom stereocenters. The minimum atomic E-state index is -0.250. The van der Waals surface area contributed by atoms with E-state index < -0.39 is 0 Å². The number of anilines is 2. The summed E-state index contributed by atoms with van der Waals surface area (Å²) in [6.45, 7) is 5.57. The molecule has 1 aromatic heterocycles. The van der Waals surface area contributed by atoms with Gasteiger partial charge in [-0.05, 0) is 48.7 Å². The number of unbranched alkanes of at least 4 members (excludes halogenated alkanes) is 1. The zero-order chi connectivity index (χ0) is 23.8. The largest absolute Gasteiger partial charge is 0.483 e. The first kappa shape index (κ1) is 24.1. The number of aryl methyl sites for hydroxylation is 1. The Labute approximate surface area is 195 Å². The predicted octanol–water partition coefficient (Wildman–Crippen LogP) is 4.53. The number of hydrogen-bond acceptors (Lipinski definition) is 5. The number of carboxylic acid groups (broad SMARTS) is 1. The van der Waals surface area contributed by atoms with E-state index in [4.69, 9.17) is 25.5 Å². The minimum absolute atomic E-state index is 0.250. The van der Waals surface area contributed by atoms with Gasteiger partial charge in [-0.15, -0.1) is 0 Å². The number of rotatable bonds is 7. The molecule has 4 rings (SSSR count). The van der Waals surface area contributed by atoms with Crippen molar-refractivity contribution in [2.75, 3.05) is 30.9 Å². The maximum atomic E-state index is 8.36. The van der Waals surface area contributed by atoms with Crippen molar-refractivity contribution in [3.05, 3.63) is 77.5 Å². The quantitative estimate of drug-likeness (QED) is 0.516. The lowest BCUT2D eigenvalue weighted by Gasteiger charge is -2.36. The first-order valence-corrected chi connectivity index (χ1v) is 11.1. The number of para-hydroxylation sites is 1. The van der Waals surface area contributed by atoms with Crippen molar-refractivity contribution >= 4 is 23.6 Å². The van der Waals surface area contributed by atoms with Gasteiger partial charge in [-0.25, -0.2) is 4.68 Å². The molecule has 2 heterocycles. The van der Waals surface area contributed by atoms with E-state index in [2.05, 4.69) is 49.2 Å². The molecule has 0 aliphatic carbocycles. The fraction of sp³-hybridized carbons (Fsp3) is 0.308. The molecule has 3 N–H and O–H groups in total. The fourth-order valence-corrected chi connectivity index (χ4v) is 3.83. The Hall–Kier alpha value is -3.58. The van der Waals surface area contributed by atoms with Crippen molar-refractivity contribution < 1.29 is 14.6 Å². The summed E-state index contributed by atoms with van der Waals surface area (Å²) in [5.74, 6) is 0.675.